The van der Waals surface area contributed by atoms with Gasteiger partial charge in [0.1, 0.15) is 35.2 Å². The summed E-state index contributed by atoms with van der Waals surface area (Å²) in [6, 6.07) is 12.7. The lowest BCUT2D eigenvalue weighted by molar-refractivity contribution is -0.143. The van der Waals surface area contributed by atoms with Crippen LogP contribution in [0.15, 0.2) is 65.7 Å². The summed E-state index contributed by atoms with van der Waals surface area (Å²) in [5.41, 5.74) is 7.89. The highest BCUT2D eigenvalue weighted by atomic mass is 19.1. The number of nitrogens with one attached hydrogen (secondary N) is 6. The van der Waals surface area contributed by atoms with Crippen LogP contribution in [0.25, 0.3) is 0 Å². The van der Waals surface area contributed by atoms with Crippen LogP contribution in [-0.2, 0) is 67.6 Å². The molecule has 2 heterocycles. The van der Waals surface area contributed by atoms with Crippen molar-refractivity contribution < 1.29 is 86.7 Å². The molecular formula is C63H90F2N16O16. The Kier molecular flexibility index (Phi) is 32.2. The molecule has 2 aliphatic heterocycles. The zero-order chi connectivity index (χ0) is 71.1. The van der Waals surface area contributed by atoms with Crippen molar-refractivity contribution in [3.8, 4) is 11.5 Å². The van der Waals surface area contributed by atoms with Gasteiger partial charge in [0.05, 0.1) is 52.4 Å². The number of carbonyl (C=O) groups is 11. The minimum atomic E-state index is -1.27. The molecule has 0 aromatic heterocycles. The Labute approximate surface area is 560 Å². The summed E-state index contributed by atoms with van der Waals surface area (Å²) in [4.78, 5) is 156. The van der Waals surface area contributed by atoms with Gasteiger partial charge in [-0.15, -0.1) is 0 Å². The summed E-state index contributed by atoms with van der Waals surface area (Å²) in [5.74, 6) is -9.64. The van der Waals surface area contributed by atoms with Crippen LogP contribution >= 0.6 is 0 Å². The van der Waals surface area contributed by atoms with Crippen molar-refractivity contribution >= 4 is 71.2 Å². The number of aliphatic carboxylic acids is 3. The van der Waals surface area contributed by atoms with Crippen LogP contribution in [0.4, 0.5) is 13.6 Å². The minimum Gasteiger partial charge on any atom is -0.508 e. The van der Waals surface area contributed by atoms with Crippen molar-refractivity contribution in [1.82, 2.24) is 71.1 Å². The number of likely N-dealkylation sites (N-methyl/N-ethyl adjacent to an activating group) is 3. The van der Waals surface area contributed by atoms with Crippen LogP contribution in [0.1, 0.15) is 60.9 Å². The van der Waals surface area contributed by atoms with Crippen LogP contribution in [0.2, 0.25) is 0 Å². The maximum atomic E-state index is 14.8. The molecule has 0 aliphatic carbocycles. The Hall–Kier alpha value is -9.64. The molecule has 3 aromatic carbocycles. The largest absolute Gasteiger partial charge is 0.508 e. The lowest BCUT2D eigenvalue weighted by atomic mass is 10.0. The van der Waals surface area contributed by atoms with Crippen molar-refractivity contribution in [3.63, 3.8) is 0 Å². The maximum Gasteiger partial charge on any atom is 0.344 e. The van der Waals surface area contributed by atoms with Gasteiger partial charge in [0.25, 0.3) is 0 Å². The Morgan fingerprint density at radius 3 is 1.58 bits per heavy atom. The molecule has 2 atom stereocenters. The first-order valence-electron chi connectivity index (χ1n) is 31.6. The van der Waals surface area contributed by atoms with Crippen LogP contribution in [-0.4, -0.2) is 289 Å². The van der Waals surface area contributed by atoms with Crippen molar-refractivity contribution in [2.75, 3.05) is 152 Å². The number of carbonyl (C=O) groups excluding carboxylic acids is 8. The lowest BCUT2D eigenvalue weighted by Crippen LogP contribution is -2.50. The zero-order valence-electron chi connectivity index (χ0n) is 55.1. The number of guanidine groups is 1. The number of rotatable bonds is 34. The van der Waals surface area contributed by atoms with Gasteiger partial charge in [0.15, 0.2) is 5.96 Å². The number of hydrogen-bond donors (Lipinski definition) is 11. The Bertz CT molecular complexity index is 3160. The van der Waals surface area contributed by atoms with Gasteiger partial charge in [0, 0.05) is 143 Å². The SMILES string of the molecule is CCC(=O)NCCNC(=O)/N=C(/N)NCCC[C@@H](NC(=O)[C@H](c1ccc(OCCCNC(=O)CN(C)C(=O)CN(C)C(=O)CN(C)C(=O)CN2CCN(CC(=O)O)CCN(CC(=O)O)CCN(CC(=O)O)CC2)cc1)N1Cc2ccccc2C1)C(=O)NCc1c(F)cc(O)cc1F. The van der Waals surface area contributed by atoms with E-state index in [2.05, 4.69) is 36.9 Å². The predicted molar refractivity (Wildman–Crippen MR) is 347 cm³/mol. The van der Waals surface area contributed by atoms with E-state index in [0.29, 0.717) is 43.0 Å². The summed E-state index contributed by atoms with van der Waals surface area (Å²) in [6.07, 6.45) is 0.751. The molecular weight excluding hydrogens is 1270 g/mol. The Morgan fingerprint density at radius 2 is 1.06 bits per heavy atom. The highest BCUT2D eigenvalue weighted by molar-refractivity contribution is 5.92. The number of carboxylic acid groups (broad SMARTS) is 3. The molecule has 12 N–H and O–H groups in total. The van der Waals surface area contributed by atoms with Gasteiger partial charge in [-0.3, -0.25) is 72.4 Å². The highest BCUT2D eigenvalue weighted by Crippen LogP contribution is 2.33. The fraction of sp³-hybridized carbons (Fsp3) is 0.524. The fourth-order valence-electron chi connectivity index (χ4n) is 10.4. The number of urea groups is 1. The summed E-state index contributed by atoms with van der Waals surface area (Å²) < 4.78 is 35.5. The van der Waals surface area contributed by atoms with Crippen LogP contribution in [0.3, 0.4) is 0 Å². The number of aliphatic imine (C=N–C) groups is 1. The fourth-order valence-corrected chi connectivity index (χ4v) is 10.4. The number of aromatic hydroxyl groups is 1. The van der Waals surface area contributed by atoms with E-state index < -0.39 is 114 Å². The predicted octanol–water partition coefficient (Wildman–Crippen LogP) is -1.82. The maximum absolute atomic E-state index is 14.8. The summed E-state index contributed by atoms with van der Waals surface area (Å²) in [6.45, 7) is 1.60. The van der Waals surface area contributed by atoms with Gasteiger partial charge in [-0.1, -0.05) is 43.3 Å². The van der Waals surface area contributed by atoms with Crippen LogP contribution in [0, 0.1) is 11.6 Å². The zero-order valence-corrected chi connectivity index (χ0v) is 55.1. The van der Waals surface area contributed by atoms with Crippen LogP contribution < -0.4 is 42.4 Å². The van der Waals surface area contributed by atoms with Gasteiger partial charge >= 0.3 is 23.9 Å². The van der Waals surface area contributed by atoms with Crippen molar-refractivity contribution in [2.45, 2.75) is 64.3 Å². The molecule has 34 heteroatoms. The second kappa shape index (κ2) is 40.0. The molecule has 2 aliphatic rings. The van der Waals surface area contributed by atoms with E-state index in [1.165, 1.54) is 26.0 Å². The van der Waals surface area contributed by atoms with Gasteiger partial charge in [-0.25, -0.2) is 13.6 Å². The van der Waals surface area contributed by atoms with Crippen molar-refractivity contribution in [1.29, 1.82) is 0 Å². The van der Waals surface area contributed by atoms with E-state index in [1.54, 1.807) is 50.8 Å². The number of halogens is 2. The standard InChI is InChI=1S/C63H90F2N16O16/c1-5-51(83)68-19-20-70-63(96)73-62(66)69-17-8-12-50(60(94)71-32-47-48(64)30-45(82)31-49(47)65)72-61(95)59(81-33-43-10-6-7-11-44(43)34-81)42-13-15-46(16-14-42)97-29-9-18-67-52(84)35-74(2)53(85)36-75(3)54(86)37-76(4)55(87)38-77-21-23-78(39-56(88)89)25-27-80(41-58(92)93)28-26-79(24-22-77)40-57(90)91/h6-7,10-11,13-16,30-31,50,59,82H,5,8-9,12,17-29,32-41H2,1-4H3,(H,67,84)(H,68,83)(H,71,94)(H,72,95)(H,88,89)(H,90,91)(H,92,93)(H4,66,69,70,73,96)/t50-,59+/m1/s1. The summed E-state index contributed by atoms with van der Waals surface area (Å²) >= 11 is 0. The Balaban J connectivity index is 1.12. The third-order valence-corrected chi connectivity index (χ3v) is 15.8. The number of phenols is 1. The van der Waals surface area contributed by atoms with Gasteiger partial charge in [-0.2, -0.15) is 4.99 Å². The number of fused-ring (bicyclic) bond motifs is 1. The molecule has 32 nitrogen and oxygen atoms in total. The number of nitrogens with two attached hydrogens (primary N) is 1. The average molecular weight is 1370 g/mol. The molecule has 5 rings (SSSR count). The molecule has 9 amide bonds. The number of hydrogen-bond acceptors (Lipinski definition) is 18. The topological polar surface area (TPSA) is 414 Å². The highest BCUT2D eigenvalue weighted by Gasteiger charge is 2.35. The van der Waals surface area contributed by atoms with E-state index in [-0.39, 0.29) is 149 Å². The second-order valence-corrected chi connectivity index (χ2v) is 23.4. The molecule has 0 bridgehead atoms. The quantitative estimate of drug-likeness (QED) is 0.0178. The monoisotopic (exact) mass is 1360 g/mol. The molecule has 532 valence electrons. The molecule has 3 aromatic rings. The van der Waals surface area contributed by atoms with Crippen LogP contribution in [0.5, 0.6) is 11.5 Å². The number of carboxylic acids is 3. The number of nitrogens with zero attached hydrogens (tertiary/aromatic N) is 9. The number of ether oxygens (including phenoxy) is 1. The molecule has 1 fully saturated rings. The smallest absolute Gasteiger partial charge is 0.344 e. The van der Waals surface area contributed by atoms with Gasteiger partial charge in [-0.05, 0) is 48.1 Å². The van der Waals surface area contributed by atoms with Gasteiger partial charge in [0.2, 0.25) is 41.4 Å². The molecule has 0 unspecified atom stereocenters. The van der Waals surface area contributed by atoms with E-state index in [0.717, 1.165) is 20.9 Å². The van der Waals surface area contributed by atoms with Gasteiger partial charge < -0.3 is 77.5 Å². The average Bonchev–Trinajstić information content (AvgIpc) is 1.69. The van der Waals surface area contributed by atoms with E-state index in [4.69, 9.17) is 10.5 Å². The van der Waals surface area contributed by atoms with E-state index in [9.17, 15) is 81.9 Å². The van der Waals surface area contributed by atoms with Crippen molar-refractivity contribution in [3.05, 3.63) is 94.6 Å². The first-order chi connectivity index (χ1) is 46.2. The molecule has 97 heavy (non-hydrogen) atoms. The first-order valence-corrected chi connectivity index (χ1v) is 31.6. The number of phenolic OH excluding ortho intramolecular Hbond substituents is 1. The summed E-state index contributed by atoms with van der Waals surface area (Å²) in [7, 11) is 4.17. The normalized spacial score (nSPS) is 15.0. The molecule has 0 radical (unpaired) electrons. The van der Waals surface area contributed by atoms with Crippen molar-refractivity contribution in [2.24, 2.45) is 10.7 Å². The molecule has 0 saturated carbocycles. The second-order valence-electron chi connectivity index (χ2n) is 23.4. The number of amides is 9. The molecule has 0 spiro atoms. The third-order valence-electron chi connectivity index (χ3n) is 15.8. The lowest BCUT2D eigenvalue weighted by Gasteiger charge is -2.33. The van der Waals surface area contributed by atoms with E-state index in [1.807, 2.05) is 29.2 Å². The minimum absolute atomic E-state index is 0.0311. The Morgan fingerprint density at radius 1 is 0.588 bits per heavy atom. The van der Waals surface area contributed by atoms with E-state index >= 15 is 0 Å². The third kappa shape index (κ3) is 27.9. The number of benzene rings is 3. The first kappa shape index (κ1) is 78.1. The summed E-state index contributed by atoms with van der Waals surface area (Å²) in [5, 5.41) is 54.2. The molecule has 1 saturated heterocycles.